The van der Waals surface area contributed by atoms with Gasteiger partial charge in [0.15, 0.2) is 0 Å². The van der Waals surface area contributed by atoms with Gasteiger partial charge in [0, 0.05) is 28.9 Å². The largest absolute Gasteiger partial charge is 0.378 e. The molecule has 1 aliphatic heterocycles. The number of hydrogen-bond donors (Lipinski definition) is 1. The molecular weight excluding hydrogens is 303 g/mol. The number of ether oxygens (including phenoxy) is 1. The number of halogens is 1. The summed E-state index contributed by atoms with van der Waals surface area (Å²) < 4.78 is 6.58. The van der Waals surface area contributed by atoms with E-state index in [-0.39, 0.29) is 0 Å². The Labute approximate surface area is 104 Å². The van der Waals surface area contributed by atoms with E-state index in [4.69, 9.17) is 10.5 Å². The van der Waals surface area contributed by atoms with Crippen LogP contribution in [0.1, 0.15) is 5.56 Å². The lowest BCUT2D eigenvalue weighted by Gasteiger charge is -2.29. The average Bonchev–Trinajstić information content (AvgIpc) is 2.30. The van der Waals surface area contributed by atoms with E-state index >= 15 is 0 Å². The molecule has 0 unspecified atom stereocenters. The van der Waals surface area contributed by atoms with Crippen LogP contribution in [0, 0.1) is 3.57 Å². The quantitative estimate of drug-likeness (QED) is 0.842. The first kappa shape index (κ1) is 11.2. The van der Waals surface area contributed by atoms with Gasteiger partial charge in [-0.15, -0.1) is 0 Å². The molecule has 1 aromatic rings. The van der Waals surface area contributed by atoms with E-state index in [1.165, 1.54) is 14.8 Å². The highest BCUT2D eigenvalue weighted by molar-refractivity contribution is 14.1. The molecule has 3 nitrogen and oxygen atoms in total. The van der Waals surface area contributed by atoms with Crippen molar-refractivity contribution in [2.75, 3.05) is 31.2 Å². The van der Waals surface area contributed by atoms with Gasteiger partial charge in [-0.2, -0.15) is 0 Å². The minimum absolute atomic E-state index is 0.613. The molecule has 4 heteroatoms. The summed E-state index contributed by atoms with van der Waals surface area (Å²) in [5.41, 5.74) is 8.13. The van der Waals surface area contributed by atoms with Gasteiger partial charge in [0.2, 0.25) is 0 Å². The smallest absolute Gasteiger partial charge is 0.0642 e. The number of morpholine rings is 1. The van der Waals surface area contributed by atoms with Crippen LogP contribution in [-0.4, -0.2) is 26.3 Å². The van der Waals surface area contributed by atoms with Crippen LogP contribution in [0.3, 0.4) is 0 Å². The van der Waals surface area contributed by atoms with Crippen molar-refractivity contribution in [3.05, 3.63) is 27.3 Å². The van der Waals surface area contributed by atoms with E-state index in [9.17, 15) is 0 Å². The Morgan fingerprint density at radius 1 is 1.33 bits per heavy atom. The van der Waals surface area contributed by atoms with Crippen LogP contribution in [-0.2, 0) is 11.3 Å². The lowest BCUT2D eigenvalue weighted by molar-refractivity contribution is 0.122. The van der Waals surface area contributed by atoms with E-state index < -0.39 is 0 Å². The average molecular weight is 318 g/mol. The molecule has 1 aliphatic rings. The van der Waals surface area contributed by atoms with Crippen molar-refractivity contribution in [2.24, 2.45) is 5.73 Å². The third kappa shape index (κ3) is 2.62. The second kappa shape index (κ2) is 5.14. The predicted molar refractivity (Wildman–Crippen MR) is 70.1 cm³/mol. The number of benzene rings is 1. The maximum atomic E-state index is 5.64. The van der Waals surface area contributed by atoms with Crippen LogP contribution < -0.4 is 10.6 Å². The van der Waals surface area contributed by atoms with Gasteiger partial charge >= 0.3 is 0 Å². The Balaban J connectivity index is 2.17. The molecule has 15 heavy (non-hydrogen) atoms. The Kier molecular flexibility index (Phi) is 3.82. The monoisotopic (exact) mass is 318 g/mol. The Hall–Kier alpha value is -0.330. The lowest BCUT2D eigenvalue weighted by atomic mass is 10.2. The van der Waals surface area contributed by atoms with Gasteiger partial charge < -0.3 is 15.4 Å². The molecule has 0 amide bonds. The molecule has 0 spiro atoms. The fourth-order valence-electron chi connectivity index (χ4n) is 1.72. The van der Waals surface area contributed by atoms with Crippen molar-refractivity contribution in [3.8, 4) is 0 Å². The molecule has 1 aromatic carbocycles. The first-order valence-electron chi connectivity index (χ1n) is 5.12. The molecule has 0 aliphatic carbocycles. The van der Waals surface area contributed by atoms with Crippen molar-refractivity contribution in [3.63, 3.8) is 0 Å². The van der Waals surface area contributed by atoms with E-state index in [0.717, 1.165) is 26.3 Å². The zero-order valence-electron chi connectivity index (χ0n) is 8.58. The summed E-state index contributed by atoms with van der Waals surface area (Å²) in [4.78, 5) is 2.35. The highest BCUT2D eigenvalue weighted by Crippen LogP contribution is 2.21. The topological polar surface area (TPSA) is 38.5 Å². The maximum Gasteiger partial charge on any atom is 0.0642 e. The van der Waals surface area contributed by atoms with Gasteiger partial charge in [-0.25, -0.2) is 0 Å². The first-order chi connectivity index (χ1) is 7.31. The van der Waals surface area contributed by atoms with E-state index in [1.807, 2.05) is 0 Å². The van der Waals surface area contributed by atoms with Crippen LogP contribution in [0.4, 0.5) is 5.69 Å². The minimum Gasteiger partial charge on any atom is -0.378 e. The predicted octanol–water partition coefficient (Wildman–Crippen LogP) is 1.59. The molecule has 1 heterocycles. The molecule has 2 rings (SSSR count). The fourth-order valence-corrected chi connectivity index (χ4v) is 2.44. The molecular formula is C11H15IN2O. The number of nitrogens with two attached hydrogens (primary N) is 1. The van der Waals surface area contributed by atoms with Crippen LogP contribution in [0.25, 0.3) is 0 Å². The molecule has 0 bridgehead atoms. The van der Waals surface area contributed by atoms with Crippen molar-refractivity contribution in [2.45, 2.75) is 6.54 Å². The summed E-state index contributed by atoms with van der Waals surface area (Å²) in [6.45, 7) is 4.24. The van der Waals surface area contributed by atoms with E-state index in [2.05, 4.69) is 45.7 Å². The summed E-state index contributed by atoms with van der Waals surface area (Å²) >= 11 is 2.34. The number of hydrogen-bond acceptors (Lipinski definition) is 3. The summed E-state index contributed by atoms with van der Waals surface area (Å²) in [6, 6.07) is 6.47. The van der Waals surface area contributed by atoms with Gasteiger partial charge in [-0.1, -0.05) is 6.07 Å². The zero-order chi connectivity index (χ0) is 10.7. The van der Waals surface area contributed by atoms with Crippen LogP contribution in [0.5, 0.6) is 0 Å². The van der Waals surface area contributed by atoms with Crippen LogP contribution in [0.2, 0.25) is 0 Å². The van der Waals surface area contributed by atoms with Gasteiger partial charge in [0.25, 0.3) is 0 Å². The third-order valence-electron chi connectivity index (χ3n) is 2.63. The van der Waals surface area contributed by atoms with Gasteiger partial charge in [0.1, 0.15) is 0 Å². The molecule has 1 fully saturated rings. The maximum absolute atomic E-state index is 5.64. The Morgan fingerprint density at radius 2 is 2.07 bits per heavy atom. The summed E-state index contributed by atoms with van der Waals surface area (Å²) in [5, 5.41) is 0. The third-order valence-corrected chi connectivity index (χ3v) is 3.64. The Morgan fingerprint density at radius 3 is 2.67 bits per heavy atom. The molecule has 0 saturated carbocycles. The van der Waals surface area contributed by atoms with Gasteiger partial charge in [-0.05, 0) is 40.3 Å². The molecule has 1 saturated heterocycles. The van der Waals surface area contributed by atoms with Crippen molar-refractivity contribution >= 4 is 28.3 Å². The van der Waals surface area contributed by atoms with Crippen LogP contribution in [0.15, 0.2) is 18.2 Å². The standard InChI is InChI=1S/C11H15IN2O/c12-11-7-10(2-1-9(11)8-13)14-3-5-15-6-4-14/h1-2,7H,3-6,8,13H2. The number of rotatable bonds is 2. The van der Waals surface area contributed by atoms with Crippen molar-refractivity contribution in [1.82, 2.24) is 0 Å². The molecule has 0 atom stereocenters. The highest BCUT2D eigenvalue weighted by Gasteiger charge is 2.11. The zero-order valence-corrected chi connectivity index (χ0v) is 10.7. The second-order valence-corrected chi connectivity index (χ2v) is 4.74. The highest BCUT2D eigenvalue weighted by atomic mass is 127. The molecule has 0 radical (unpaired) electrons. The molecule has 0 aromatic heterocycles. The van der Waals surface area contributed by atoms with E-state index in [0.29, 0.717) is 6.54 Å². The number of anilines is 1. The summed E-state index contributed by atoms with van der Waals surface area (Å²) in [5.74, 6) is 0. The number of nitrogens with zero attached hydrogens (tertiary/aromatic N) is 1. The molecule has 2 N–H and O–H groups in total. The minimum atomic E-state index is 0.613. The normalized spacial score (nSPS) is 16.8. The van der Waals surface area contributed by atoms with E-state index in [1.54, 1.807) is 0 Å². The van der Waals surface area contributed by atoms with Gasteiger partial charge in [-0.3, -0.25) is 0 Å². The second-order valence-electron chi connectivity index (χ2n) is 3.58. The molecule has 82 valence electrons. The fraction of sp³-hybridized carbons (Fsp3) is 0.455. The summed E-state index contributed by atoms with van der Waals surface area (Å²) in [6.07, 6.45) is 0. The SMILES string of the molecule is NCc1ccc(N2CCOCC2)cc1I. The lowest BCUT2D eigenvalue weighted by Crippen LogP contribution is -2.36. The summed E-state index contributed by atoms with van der Waals surface area (Å²) in [7, 11) is 0. The van der Waals surface area contributed by atoms with Crippen LogP contribution >= 0.6 is 22.6 Å². The van der Waals surface area contributed by atoms with Gasteiger partial charge in [0.05, 0.1) is 13.2 Å². The van der Waals surface area contributed by atoms with Crippen molar-refractivity contribution in [1.29, 1.82) is 0 Å². The first-order valence-corrected chi connectivity index (χ1v) is 6.20. The Bertz CT molecular complexity index is 337. The van der Waals surface area contributed by atoms with Crippen molar-refractivity contribution < 1.29 is 4.74 Å².